The van der Waals surface area contributed by atoms with Crippen molar-refractivity contribution >= 4 is 10.8 Å². The van der Waals surface area contributed by atoms with E-state index in [1.54, 1.807) is 6.07 Å². The van der Waals surface area contributed by atoms with Gasteiger partial charge in [-0.2, -0.15) is 0 Å². The second kappa shape index (κ2) is 4.84. The Morgan fingerprint density at radius 1 is 0.636 bits per heavy atom. The van der Waals surface area contributed by atoms with Crippen LogP contribution in [0, 0.1) is 13.8 Å². The molecular weight excluding hydrogens is 280 g/mol. The highest BCUT2D eigenvalue weighted by Gasteiger charge is 2.23. The molecule has 0 bridgehead atoms. The highest BCUT2D eigenvalue weighted by molar-refractivity contribution is 6.02. The zero-order valence-corrected chi connectivity index (χ0v) is 12.3. The third-order valence-corrected chi connectivity index (χ3v) is 4.04. The number of aryl methyl sites for hydroxylation is 1. The Balaban J connectivity index is 2.46. The van der Waals surface area contributed by atoms with Crippen molar-refractivity contribution in [3.8, 4) is 34.1 Å². The minimum Gasteiger partial charge on any atom is -0.507 e. The molecule has 0 amide bonds. The predicted octanol–water partition coefficient (Wildman–Crippen LogP) is 3.95. The van der Waals surface area contributed by atoms with E-state index in [0.29, 0.717) is 5.56 Å². The van der Waals surface area contributed by atoms with Gasteiger partial charge in [0.25, 0.3) is 0 Å². The van der Waals surface area contributed by atoms with E-state index < -0.39 is 17.2 Å². The van der Waals surface area contributed by atoms with Gasteiger partial charge in [-0.1, -0.05) is 36.4 Å². The molecule has 0 aromatic heterocycles. The summed E-state index contributed by atoms with van der Waals surface area (Å²) in [6, 6.07) is 11.3. The van der Waals surface area contributed by atoms with E-state index in [9.17, 15) is 20.4 Å². The van der Waals surface area contributed by atoms with Gasteiger partial charge < -0.3 is 20.4 Å². The molecule has 0 aliphatic carbocycles. The summed E-state index contributed by atoms with van der Waals surface area (Å²) < 4.78 is 0. The molecular formula is C18H16O4. The van der Waals surface area contributed by atoms with Gasteiger partial charge in [-0.05, 0) is 35.7 Å². The number of hydrogen-bond acceptors (Lipinski definition) is 4. The van der Waals surface area contributed by atoms with E-state index >= 15 is 0 Å². The van der Waals surface area contributed by atoms with Crippen molar-refractivity contribution in [1.82, 2.24) is 0 Å². The van der Waals surface area contributed by atoms with Gasteiger partial charge >= 0.3 is 0 Å². The Morgan fingerprint density at radius 3 is 1.95 bits per heavy atom. The third kappa shape index (κ3) is 1.84. The summed E-state index contributed by atoms with van der Waals surface area (Å²) in [4.78, 5) is 0. The number of rotatable bonds is 1. The molecule has 0 radical (unpaired) electrons. The highest BCUT2D eigenvalue weighted by Crippen LogP contribution is 2.52. The van der Waals surface area contributed by atoms with Crippen molar-refractivity contribution in [1.29, 1.82) is 0 Å². The van der Waals surface area contributed by atoms with Crippen LogP contribution in [0.25, 0.3) is 21.9 Å². The van der Waals surface area contributed by atoms with Crippen LogP contribution in [0.4, 0.5) is 0 Å². The molecule has 0 spiro atoms. The van der Waals surface area contributed by atoms with E-state index in [-0.39, 0.29) is 16.9 Å². The minimum atomic E-state index is -0.630. The molecule has 0 atom stereocenters. The molecule has 0 saturated carbocycles. The standard InChI is InChI=1S/C18H16O4/c1-9-7-8-13(12-6-4-3-5-11(9)12)14-15(19)10(2)16(20)18(22)17(14)21/h3-8,19-22H,1-2H3. The SMILES string of the molecule is Cc1c(O)c(O)c(O)c(-c2ccc(C)c3ccccc23)c1O. The van der Waals surface area contributed by atoms with Crippen molar-refractivity contribution in [2.45, 2.75) is 13.8 Å². The second-order valence-corrected chi connectivity index (χ2v) is 5.37. The smallest absolute Gasteiger partial charge is 0.201 e. The van der Waals surface area contributed by atoms with E-state index in [2.05, 4.69) is 0 Å². The Kier molecular flexibility index (Phi) is 3.10. The molecule has 22 heavy (non-hydrogen) atoms. The van der Waals surface area contributed by atoms with Gasteiger partial charge in [0, 0.05) is 5.56 Å². The highest BCUT2D eigenvalue weighted by atomic mass is 16.3. The molecule has 0 aliphatic rings. The Morgan fingerprint density at radius 2 is 1.27 bits per heavy atom. The molecule has 0 fully saturated rings. The van der Waals surface area contributed by atoms with Crippen LogP contribution < -0.4 is 0 Å². The number of benzene rings is 3. The maximum atomic E-state index is 10.3. The second-order valence-electron chi connectivity index (χ2n) is 5.37. The predicted molar refractivity (Wildman–Crippen MR) is 85.5 cm³/mol. The summed E-state index contributed by atoms with van der Waals surface area (Å²) in [7, 11) is 0. The number of hydrogen-bond donors (Lipinski definition) is 4. The summed E-state index contributed by atoms with van der Waals surface area (Å²) in [5.74, 6) is -1.93. The van der Waals surface area contributed by atoms with Gasteiger partial charge in [0.2, 0.25) is 5.75 Å². The third-order valence-electron chi connectivity index (χ3n) is 4.04. The van der Waals surface area contributed by atoms with Crippen molar-refractivity contribution in [3.63, 3.8) is 0 Å². The minimum absolute atomic E-state index is 0.115. The monoisotopic (exact) mass is 296 g/mol. The van der Waals surface area contributed by atoms with Gasteiger partial charge in [-0.25, -0.2) is 0 Å². The van der Waals surface area contributed by atoms with Gasteiger partial charge in [-0.3, -0.25) is 0 Å². The molecule has 0 heterocycles. The fourth-order valence-electron chi connectivity index (χ4n) is 2.74. The Labute approximate surface area is 127 Å². The summed E-state index contributed by atoms with van der Waals surface area (Å²) >= 11 is 0. The van der Waals surface area contributed by atoms with Crippen molar-refractivity contribution < 1.29 is 20.4 Å². The number of phenolic OH excluding ortho intramolecular Hbond substituents is 4. The lowest BCUT2D eigenvalue weighted by Gasteiger charge is -2.16. The average molecular weight is 296 g/mol. The molecule has 0 unspecified atom stereocenters. The van der Waals surface area contributed by atoms with Crippen LogP contribution in [0.15, 0.2) is 36.4 Å². The molecule has 4 nitrogen and oxygen atoms in total. The van der Waals surface area contributed by atoms with Crippen LogP contribution in [0.1, 0.15) is 11.1 Å². The van der Waals surface area contributed by atoms with Crippen LogP contribution in [-0.2, 0) is 0 Å². The molecule has 0 saturated heterocycles. The fraction of sp³-hybridized carbons (Fsp3) is 0.111. The van der Waals surface area contributed by atoms with Gasteiger partial charge in [0.1, 0.15) is 5.75 Å². The first-order valence-corrected chi connectivity index (χ1v) is 6.88. The van der Waals surface area contributed by atoms with E-state index in [1.165, 1.54) is 6.92 Å². The quantitative estimate of drug-likeness (QED) is 0.405. The van der Waals surface area contributed by atoms with Crippen molar-refractivity contribution in [3.05, 3.63) is 47.5 Å². The van der Waals surface area contributed by atoms with Crippen molar-refractivity contribution in [2.75, 3.05) is 0 Å². The van der Waals surface area contributed by atoms with Gasteiger partial charge in [0.15, 0.2) is 11.5 Å². The molecule has 4 N–H and O–H groups in total. The Bertz CT molecular complexity index is 868. The van der Waals surface area contributed by atoms with E-state index in [4.69, 9.17) is 0 Å². The van der Waals surface area contributed by atoms with Crippen LogP contribution in [0.3, 0.4) is 0 Å². The summed E-state index contributed by atoms with van der Waals surface area (Å²) in [6.45, 7) is 3.45. The summed E-state index contributed by atoms with van der Waals surface area (Å²) in [5.41, 5.74) is 1.90. The largest absolute Gasteiger partial charge is 0.507 e. The molecule has 0 aliphatic heterocycles. The first kappa shape index (κ1) is 14.1. The van der Waals surface area contributed by atoms with Crippen LogP contribution in [0.5, 0.6) is 23.0 Å². The molecule has 3 aromatic rings. The molecule has 3 rings (SSSR count). The average Bonchev–Trinajstić information content (AvgIpc) is 2.53. The van der Waals surface area contributed by atoms with Crippen LogP contribution in [-0.4, -0.2) is 20.4 Å². The molecule has 3 aromatic carbocycles. The first-order chi connectivity index (χ1) is 10.4. The maximum Gasteiger partial charge on any atom is 0.201 e. The van der Waals surface area contributed by atoms with E-state index in [0.717, 1.165) is 16.3 Å². The molecule has 112 valence electrons. The Hall–Kier alpha value is -2.88. The van der Waals surface area contributed by atoms with Gasteiger partial charge in [0.05, 0.1) is 5.56 Å². The lowest BCUT2D eigenvalue weighted by molar-refractivity contribution is 0.360. The summed E-state index contributed by atoms with van der Waals surface area (Å²) in [6.07, 6.45) is 0. The first-order valence-electron chi connectivity index (χ1n) is 6.88. The van der Waals surface area contributed by atoms with Crippen LogP contribution >= 0.6 is 0 Å². The zero-order chi connectivity index (χ0) is 16.0. The van der Waals surface area contributed by atoms with Crippen LogP contribution in [0.2, 0.25) is 0 Å². The summed E-state index contributed by atoms with van der Waals surface area (Å²) in [5, 5.41) is 42.0. The fourth-order valence-corrected chi connectivity index (χ4v) is 2.74. The number of aromatic hydroxyl groups is 4. The lowest BCUT2D eigenvalue weighted by atomic mass is 9.92. The maximum absolute atomic E-state index is 10.3. The normalized spacial score (nSPS) is 11.0. The van der Waals surface area contributed by atoms with Crippen molar-refractivity contribution in [2.24, 2.45) is 0 Å². The van der Waals surface area contributed by atoms with Gasteiger partial charge in [-0.15, -0.1) is 0 Å². The number of fused-ring (bicyclic) bond motifs is 1. The van der Waals surface area contributed by atoms with E-state index in [1.807, 2.05) is 37.3 Å². The lowest BCUT2D eigenvalue weighted by Crippen LogP contribution is -1.89. The zero-order valence-electron chi connectivity index (χ0n) is 12.3. The topological polar surface area (TPSA) is 80.9 Å². The number of phenols is 4. The molecule has 4 heteroatoms.